The Morgan fingerprint density at radius 2 is 2.14 bits per heavy atom. The molecule has 72 valence electrons. The normalized spacial score (nSPS) is 10.5. The predicted molar refractivity (Wildman–Crippen MR) is 58.1 cm³/mol. The van der Waals surface area contributed by atoms with Crippen LogP contribution in [0.1, 0.15) is 25.3 Å². The molecule has 0 radical (unpaired) electrons. The van der Waals surface area contributed by atoms with Gasteiger partial charge in [-0.15, -0.1) is 0 Å². The average molecular weight is 187 g/mol. The summed E-state index contributed by atoms with van der Waals surface area (Å²) in [4.78, 5) is 4.29. The highest BCUT2D eigenvalue weighted by molar-refractivity contribution is 5.76. The molecule has 2 heteroatoms. The van der Waals surface area contributed by atoms with Crippen LogP contribution < -0.4 is 0 Å². The summed E-state index contributed by atoms with van der Waals surface area (Å²) in [5.41, 5.74) is 4.24. The van der Waals surface area contributed by atoms with E-state index >= 15 is 0 Å². The summed E-state index contributed by atoms with van der Waals surface area (Å²) in [5.74, 6) is 0.717. The van der Waals surface area contributed by atoms with Crippen LogP contribution in [0.5, 0.6) is 0 Å². The van der Waals surface area contributed by atoms with Crippen LogP contribution in [0.3, 0.4) is 0 Å². The molecule has 0 spiro atoms. The van der Waals surface area contributed by atoms with Gasteiger partial charge in [-0.1, -0.05) is 17.7 Å². The van der Waals surface area contributed by atoms with Crippen molar-refractivity contribution in [3.8, 4) is 0 Å². The van der Waals surface area contributed by atoms with Crippen molar-refractivity contribution >= 4 is 17.2 Å². The SMILES string of the molecule is CC(C)=Cc1ccc2oc(C)nc2c1. The fourth-order valence-corrected chi connectivity index (χ4v) is 1.48. The molecule has 2 aromatic rings. The van der Waals surface area contributed by atoms with Gasteiger partial charge in [0.1, 0.15) is 5.52 Å². The lowest BCUT2D eigenvalue weighted by atomic mass is 10.1. The first kappa shape index (κ1) is 9.00. The van der Waals surface area contributed by atoms with Crippen molar-refractivity contribution in [1.82, 2.24) is 4.98 Å². The van der Waals surface area contributed by atoms with Gasteiger partial charge < -0.3 is 4.42 Å². The maximum absolute atomic E-state index is 5.40. The third kappa shape index (κ3) is 1.69. The number of fused-ring (bicyclic) bond motifs is 1. The van der Waals surface area contributed by atoms with Crippen molar-refractivity contribution in [2.24, 2.45) is 0 Å². The van der Waals surface area contributed by atoms with Crippen molar-refractivity contribution in [2.75, 3.05) is 0 Å². The van der Waals surface area contributed by atoms with E-state index in [1.165, 1.54) is 11.1 Å². The first-order chi connectivity index (χ1) is 6.65. The summed E-state index contributed by atoms with van der Waals surface area (Å²) in [6, 6.07) is 6.04. The summed E-state index contributed by atoms with van der Waals surface area (Å²) >= 11 is 0. The summed E-state index contributed by atoms with van der Waals surface area (Å²) in [6.07, 6.45) is 2.13. The van der Waals surface area contributed by atoms with Crippen LogP contribution in [0.15, 0.2) is 28.2 Å². The minimum atomic E-state index is 0.717. The molecular formula is C12H13NO. The molecule has 2 nitrogen and oxygen atoms in total. The number of nitrogens with zero attached hydrogens (tertiary/aromatic N) is 1. The lowest BCUT2D eigenvalue weighted by Gasteiger charge is -1.93. The summed E-state index contributed by atoms with van der Waals surface area (Å²) in [7, 11) is 0. The van der Waals surface area contributed by atoms with Crippen molar-refractivity contribution in [1.29, 1.82) is 0 Å². The van der Waals surface area contributed by atoms with Gasteiger partial charge in [-0.3, -0.25) is 0 Å². The highest BCUT2D eigenvalue weighted by Crippen LogP contribution is 2.18. The Kier molecular flexibility index (Phi) is 2.12. The lowest BCUT2D eigenvalue weighted by Crippen LogP contribution is -1.74. The second-order valence-electron chi connectivity index (χ2n) is 3.68. The fraction of sp³-hybridized carbons (Fsp3) is 0.250. The average Bonchev–Trinajstić information content (AvgIpc) is 2.42. The molecule has 1 aromatic heterocycles. The molecule has 0 aliphatic heterocycles. The zero-order valence-electron chi connectivity index (χ0n) is 8.66. The number of aryl methyl sites for hydroxylation is 1. The molecule has 0 aliphatic carbocycles. The van der Waals surface area contributed by atoms with E-state index in [0.29, 0.717) is 5.89 Å². The Labute approximate surface area is 83.3 Å². The molecule has 0 atom stereocenters. The van der Waals surface area contributed by atoms with Gasteiger partial charge in [0.15, 0.2) is 11.5 Å². The zero-order chi connectivity index (χ0) is 10.1. The second-order valence-corrected chi connectivity index (χ2v) is 3.68. The van der Waals surface area contributed by atoms with Gasteiger partial charge in [0.2, 0.25) is 0 Å². The molecular weight excluding hydrogens is 174 g/mol. The van der Waals surface area contributed by atoms with Crippen LogP contribution in [-0.4, -0.2) is 4.98 Å². The number of oxazole rings is 1. The van der Waals surface area contributed by atoms with E-state index < -0.39 is 0 Å². The Balaban J connectivity index is 2.56. The quantitative estimate of drug-likeness (QED) is 0.682. The topological polar surface area (TPSA) is 26.0 Å². The number of hydrogen-bond acceptors (Lipinski definition) is 2. The Morgan fingerprint density at radius 3 is 2.86 bits per heavy atom. The number of benzene rings is 1. The number of hydrogen-bond donors (Lipinski definition) is 0. The van der Waals surface area contributed by atoms with Crippen molar-refractivity contribution in [3.63, 3.8) is 0 Å². The Morgan fingerprint density at radius 1 is 1.36 bits per heavy atom. The first-order valence-electron chi connectivity index (χ1n) is 4.67. The van der Waals surface area contributed by atoms with Crippen LogP contribution in [-0.2, 0) is 0 Å². The number of rotatable bonds is 1. The minimum absolute atomic E-state index is 0.717. The maximum Gasteiger partial charge on any atom is 0.192 e. The van der Waals surface area contributed by atoms with E-state index in [2.05, 4.69) is 24.9 Å². The van der Waals surface area contributed by atoms with E-state index in [4.69, 9.17) is 4.42 Å². The monoisotopic (exact) mass is 187 g/mol. The Hall–Kier alpha value is -1.57. The molecule has 14 heavy (non-hydrogen) atoms. The van der Waals surface area contributed by atoms with Gasteiger partial charge in [-0.2, -0.15) is 0 Å². The number of aromatic nitrogens is 1. The third-order valence-electron chi connectivity index (χ3n) is 1.97. The molecule has 1 heterocycles. The number of allylic oxidation sites excluding steroid dienone is 1. The zero-order valence-corrected chi connectivity index (χ0v) is 8.66. The molecule has 0 fully saturated rings. The van der Waals surface area contributed by atoms with E-state index in [1.54, 1.807) is 0 Å². The summed E-state index contributed by atoms with van der Waals surface area (Å²) < 4.78 is 5.40. The highest BCUT2D eigenvalue weighted by Gasteiger charge is 2.01. The molecule has 0 aliphatic rings. The molecule has 2 rings (SSSR count). The second kappa shape index (κ2) is 3.29. The minimum Gasteiger partial charge on any atom is -0.441 e. The highest BCUT2D eigenvalue weighted by atomic mass is 16.3. The molecule has 0 bridgehead atoms. The van der Waals surface area contributed by atoms with E-state index in [1.807, 2.05) is 25.1 Å². The molecule has 0 amide bonds. The van der Waals surface area contributed by atoms with Gasteiger partial charge in [0.25, 0.3) is 0 Å². The first-order valence-corrected chi connectivity index (χ1v) is 4.67. The van der Waals surface area contributed by atoms with Gasteiger partial charge in [-0.05, 0) is 31.5 Å². The standard InChI is InChI=1S/C12H13NO/c1-8(2)6-10-4-5-12-11(7-10)13-9(3)14-12/h4-7H,1-3H3. The smallest absolute Gasteiger partial charge is 0.192 e. The van der Waals surface area contributed by atoms with Crippen LogP contribution in [0, 0.1) is 6.92 Å². The molecule has 0 N–H and O–H groups in total. The predicted octanol–water partition coefficient (Wildman–Crippen LogP) is 3.56. The van der Waals surface area contributed by atoms with Crippen molar-refractivity contribution in [2.45, 2.75) is 20.8 Å². The van der Waals surface area contributed by atoms with Crippen molar-refractivity contribution in [3.05, 3.63) is 35.2 Å². The van der Waals surface area contributed by atoms with Gasteiger partial charge in [-0.25, -0.2) is 4.98 Å². The maximum atomic E-state index is 5.40. The van der Waals surface area contributed by atoms with Gasteiger partial charge >= 0.3 is 0 Å². The van der Waals surface area contributed by atoms with Gasteiger partial charge in [0.05, 0.1) is 0 Å². The van der Waals surface area contributed by atoms with Gasteiger partial charge in [0, 0.05) is 6.92 Å². The van der Waals surface area contributed by atoms with Crippen LogP contribution in [0.25, 0.3) is 17.2 Å². The molecule has 0 unspecified atom stereocenters. The molecule has 0 saturated heterocycles. The van der Waals surface area contributed by atoms with Crippen molar-refractivity contribution < 1.29 is 4.42 Å². The summed E-state index contributed by atoms with van der Waals surface area (Å²) in [6.45, 7) is 6.02. The van der Waals surface area contributed by atoms with E-state index in [0.717, 1.165) is 11.1 Å². The van der Waals surface area contributed by atoms with Crippen LogP contribution in [0.4, 0.5) is 0 Å². The molecule has 1 aromatic carbocycles. The molecule has 0 saturated carbocycles. The van der Waals surface area contributed by atoms with Crippen LogP contribution in [0.2, 0.25) is 0 Å². The van der Waals surface area contributed by atoms with E-state index in [-0.39, 0.29) is 0 Å². The van der Waals surface area contributed by atoms with Crippen LogP contribution >= 0.6 is 0 Å². The third-order valence-corrected chi connectivity index (χ3v) is 1.97. The summed E-state index contributed by atoms with van der Waals surface area (Å²) in [5, 5.41) is 0. The Bertz CT molecular complexity index is 490. The largest absolute Gasteiger partial charge is 0.441 e. The van der Waals surface area contributed by atoms with E-state index in [9.17, 15) is 0 Å². The lowest BCUT2D eigenvalue weighted by molar-refractivity contribution is 0.561. The fourth-order valence-electron chi connectivity index (χ4n) is 1.48.